The molecule has 0 heterocycles. The summed E-state index contributed by atoms with van der Waals surface area (Å²) in [6.07, 6.45) is 0. The minimum absolute atomic E-state index is 0. The van der Waals surface area contributed by atoms with E-state index in [9.17, 15) is 0 Å². The molecule has 0 aromatic heterocycles. The second-order valence-electron chi connectivity index (χ2n) is 0.428. The van der Waals surface area contributed by atoms with Gasteiger partial charge in [-0.2, -0.15) is 0 Å². The van der Waals surface area contributed by atoms with Gasteiger partial charge in [0.05, 0.1) is 0 Å². The molecule has 0 atom stereocenters. The van der Waals surface area contributed by atoms with Gasteiger partial charge in [-0.1, -0.05) is 0 Å². The first-order chi connectivity index (χ1) is 3.00. The van der Waals surface area contributed by atoms with Crippen LogP contribution in [-0.2, 0) is 10.4 Å². The molecular weight excluding hydrogens is 146 g/mol. The summed E-state index contributed by atoms with van der Waals surface area (Å²) in [5.41, 5.74) is 0. The average molecular weight is 153 g/mol. The number of hydrogen-bond acceptors (Lipinski definition) is 4. The Hall–Kier alpha value is 0.596. The fourth-order valence-corrected chi connectivity index (χ4v) is 0. The fraction of sp³-hybridized carbons (Fsp3) is 1.00. The van der Waals surface area contributed by atoms with E-state index in [0.717, 1.165) is 0 Å². The van der Waals surface area contributed by atoms with Crippen molar-refractivity contribution in [3.63, 3.8) is 0 Å². The van der Waals surface area contributed by atoms with E-state index in [2.05, 4.69) is 0 Å². The van der Waals surface area contributed by atoms with E-state index >= 15 is 0 Å². The van der Waals surface area contributed by atoms with Crippen molar-refractivity contribution in [2.45, 2.75) is 5.05 Å². The molecule has 0 radical (unpaired) electrons. The summed E-state index contributed by atoms with van der Waals surface area (Å²) in [4.78, 5) is 0. The first kappa shape index (κ1) is 15.8. The Bertz CT molecular complexity index is 99.2. The van der Waals surface area contributed by atoms with E-state index in [1.165, 1.54) is 0 Å². The number of hydrogen-bond donors (Lipinski definition) is 2. The van der Waals surface area contributed by atoms with Crippen LogP contribution in [0.25, 0.3) is 0 Å². The zero-order valence-corrected chi connectivity index (χ0v) is 6.73. The van der Waals surface area contributed by atoms with Gasteiger partial charge in [-0.05, 0) is 0 Å². The van der Waals surface area contributed by atoms with Crippen molar-refractivity contribution in [2.24, 2.45) is 0 Å². The third-order valence-electron chi connectivity index (χ3n) is 0. The van der Waals surface area contributed by atoms with Crippen LogP contribution in [-0.4, -0.2) is 39.2 Å². The number of rotatable bonds is 0. The molecule has 0 aliphatic carbocycles. The molecule has 0 saturated carbocycles. The van der Waals surface area contributed by atoms with Crippen LogP contribution in [0.3, 0.4) is 0 Å². The van der Waals surface area contributed by atoms with Crippen LogP contribution in [0.2, 0.25) is 5.05 Å². The maximum absolute atomic E-state index is 8.63. The van der Waals surface area contributed by atoms with Crippen molar-refractivity contribution in [1.82, 2.24) is 6.15 Å². The minimum atomic E-state index is -4.92. The van der Waals surface area contributed by atoms with Gasteiger partial charge in [0.1, 0.15) is 0 Å². The SMILES string of the molecule is N.O=S(=O)([O-])O.[CH3][Mg+]. The molecule has 0 aromatic carbocycles. The molecular formula is CH7MgNO4S. The average Bonchev–Trinajstić information content (AvgIpc) is 1.36. The van der Waals surface area contributed by atoms with Crippen LogP contribution >= 0.6 is 0 Å². The molecule has 0 rings (SSSR count). The molecule has 0 saturated heterocycles. The van der Waals surface area contributed by atoms with Gasteiger partial charge in [-0.25, -0.2) is 8.42 Å². The summed E-state index contributed by atoms with van der Waals surface area (Å²) in [6.45, 7) is 0. The Labute approximate surface area is 61.1 Å². The molecule has 0 aromatic rings. The predicted molar refractivity (Wildman–Crippen MR) is 29.0 cm³/mol. The molecule has 0 aliphatic heterocycles. The van der Waals surface area contributed by atoms with Crippen LogP contribution in [0.15, 0.2) is 0 Å². The second kappa shape index (κ2) is 7.60. The van der Waals surface area contributed by atoms with E-state index in [1.54, 1.807) is 0 Å². The summed E-state index contributed by atoms with van der Waals surface area (Å²) in [5, 5.41) is 2.03. The zero-order chi connectivity index (χ0) is 6.50. The Balaban J connectivity index is -0.0000000750. The normalized spacial score (nSPS) is 8.12. The van der Waals surface area contributed by atoms with Crippen LogP contribution in [0.4, 0.5) is 0 Å². The van der Waals surface area contributed by atoms with Crippen LogP contribution in [0.1, 0.15) is 0 Å². The van der Waals surface area contributed by atoms with Crippen molar-refractivity contribution in [2.75, 3.05) is 0 Å². The molecule has 0 amide bonds. The van der Waals surface area contributed by atoms with Gasteiger partial charge in [0.15, 0.2) is 0 Å². The molecule has 0 unspecified atom stereocenters. The third-order valence-corrected chi connectivity index (χ3v) is 0. The molecule has 0 aliphatic rings. The van der Waals surface area contributed by atoms with E-state index in [-0.39, 0.29) is 6.15 Å². The van der Waals surface area contributed by atoms with E-state index < -0.39 is 10.4 Å². The van der Waals surface area contributed by atoms with Gasteiger partial charge in [0, 0.05) is 0 Å². The van der Waals surface area contributed by atoms with E-state index in [0.29, 0.717) is 0 Å². The first-order valence-electron chi connectivity index (χ1n) is 1.39. The standard InChI is InChI=1S/CH3.Mg.H3N.H2O4S/c;;;1-5(2,3)4/h1H3;;1H3;(H2,1,2,3,4)/q;+1;;/p-1. The van der Waals surface area contributed by atoms with Gasteiger partial charge in [-0.15, -0.1) is 0 Å². The van der Waals surface area contributed by atoms with Crippen LogP contribution in [0, 0.1) is 0 Å². The second-order valence-corrected chi connectivity index (χ2v) is 1.28. The molecule has 4 N–H and O–H groups in total. The van der Waals surface area contributed by atoms with Crippen molar-refractivity contribution >= 4 is 32.1 Å². The molecule has 7 heteroatoms. The Morgan fingerprint density at radius 2 is 1.50 bits per heavy atom. The van der Waals surface area contributed by atoms with Gasteiger partial charge in [0.2, 0.25) is 10.4 Å². The third kappa shape index (κ3) is 581. The van der Waals surface area contributed by atoms with Crippen molar-refractivity contribution in [3.8, 4) is 0 Å². The summed E-state index contributed by atoms with van der Waals surface area (Å²) in [7, 11) is -4.92. The monoisotopic (exact) mass is 153 g/mol. The molecule has 5 nitrogen and oxygen atoms in total. The Morgan fingerprint density at radius 3 is 1.50 bits per heavy atom. The Morgan fingerprint density at radius 1 is 1.50 bits per heavy atom. The van der Waals surface area contributed by atoms with E-state index in [1.807, 2.05) is 26.8 Å². The van der Waals surface area contributed by atoms with Crippen LogP contribution in [0.5, 0.6) is 0 Å². The maximum atomic E-state index is 8.63. The van der Waals surface area contributed by atoms with Gasteiger partial charge in [-0.3, -0.25) is 4.55 Å². The van der Waals surface area contributed by atoms with E-state index in [4.69, 9.17) is 17.5 Å². The summed E-state index contributed by atoms with van der Waals surface area (Å²) >= 11 is 1.86. The molecule has 0 fully saturated rings. The van der Waals surface area contributed by atoms with Gasteiger partial charge >= 0.3 is 26.8 Å². The van der Waals surface area contributed by atoms with Gasteiger partial charge in [0.25, 0.3) is 0 Å². The zero-order valence-electron chi connectivity index (χ0n) is 4.49. The summed E-state index contributed by atoms with van der Waals surface area (Å²) in [5.74, 6) is 0. The summed E-state index contributed by atoms with van der Waals surface area (Å²) < 4.78 is 32.8. The van der Waals surface area contributed by atoms with Crippen molar-refractivity contribution < 1.29 is 17.5 Å². The predicted octanol–water partition coefficient (Wildman–Crippen LogP) is -0.630. The van der Waals surface area contributed by atoms with Crippen molar-refractivity contribution in [1.29, 1.82) is 0 Å². The molecule has 8 heavy (non-hydrogen) atoms. The molecule has 48 valence electrons. The van der Waals surface area contributed by atoms with Gasteiger partial charge < -0.3 is 10.7 Å². The fourth-order valence-electron chi connectivity index (χ4n) is 0. The molecule has 0 spiro atoms. The molecule has 0 bridgehead atoms. The van der Waals surface area contributed by atoms with Crippen molar-refractivity contribution in [3.05, 3.63) is 0 Å². The van der Waals surface area contributed by atoms with Crippen LogP contribution < -0.4 is 6.15 Å². The first-order valence-corrected chi connectivity index (χ1v) is 4.17. The Kier molecular flexibility index (Phi) is 15.0. The quantitative estimate of drug-likeness (QED) is 0.273. The summed E-state index contributed by atoms with van der Waals surface area (Å²) in [6, 6.07) is 0. The topological polar surface area (TPSA) is 112 Å².